The Kier molecular flexibility index (Phi) is 4.34. The molecule has 4 heteroatoms. The minimum Gasteiger partial charge on any atom is -0.379 e. The zero-order valence-corrected chi connectivity index (χ0v) is 12.7. The van der Waals surface area contributed by atoms with E-state index in [0.29, 0.717) is 0 Å². The van der Waals surface area contributed by atoms with Crippen LogP contribution >= 0.6 is 0 Å². The molecule has 0 N–H and O–H groups in total. The molecule has 0 atom stereocenters. The van der Waals surface area contributed by atoms with Crippen molar-refractivity contribution in [1.29, 1.82) is 0 Å². The Morgan fingerprint density at radius 3 is 2.20 bits per heavy atom. The normalized spacial score (nSPS) is 20.3. The molecule has 15 heavy (non-hydrogen) atoms. The van der Waals surface area contributed by atoms with Crippen LogP contribution in [0.25, 0.3) is 0 Å². The summed E-state index contributed by atoms with van der Waals surface area (Å²) in [5, 5.41) is 0. The first-order valence-electron chi connectivity index (χ1n) is 5.84. The monoisotopic (exact) mass is 243 g/mol. The maximum Gasteiger partial charge on any atom is 0.120 e. The van der Waals surface area contributed by atoms with E-state index in [0.717, 1.165) is 26.3 Å². The summed E-state index contributed by atoms with van der Waals surface area (Å²) in [7, 11) is -2.37. The Morgan fingerprint density at radius 1 is 1.20 bits per heavy atom. The molecule has 0 aromatic rings. The molecule has 1 rings (SSSR count). The molecule has 0 unspecified atom stereocenters. The van der Waals surface area contributed by atoms with E-state index >= 15 is 0 Å². The zero-order valence-electron chi connectivity index (χ0n) is 10.7. The van der Waals surface area contributed by atoms with Crippen molar-refractivity contribution in [3.8, 4) is 0 Å². The Labute approximate surface area is 96.4 Å². The van der Waals surface area contributed by atoms with Gasteiger partial charge in [0.25, 0.3) is 0 Å². The fourth-order valence-electron chi connectivity index (χ4n) is 2.47. The summed E-state index contributed by atoms with van der Waals surface area (Å²) in [4.78, 5) is 0. The fourth-order valence-corrected chi connectivity index (χ4v) is 14.3. The molecule has 0 aromatic carbocycles. The second-order valence-corrected chi connectivity index (χ2v) is 15.8. The van der Waals surface area contributed by atoms with Crippen LogP contribution in [0, 0.1) is 0 Å². The molecule has 0 amide bonds. The molecule has 1 fully saturated rings. The van der Waals surface area contributed by atoms with Crippen molar-refractivity contribution in [2.75, 3.05) is 26.3 Å². The van der Waals surface area contributed by atoms with E-state index in [-0.39, 0.29) is 0 Å². The van der Waals surface area contributed by atoms with E-state index in [1.807, 2.05) is 0 Å². The first-order chi connectivity index (χ1) is 6.87. The van der Waals surface area contributed by atoms with Crippen LogP contribution in [0.15, 0.2) is 12.3 Å². The van der Waals surface area contributed by atoms with Crippen molar-refractivity contribution in [2.45, 2.75) is 31.9 Å². The minimum absolute atomic E-state index is 0.923. The SMILES string of the molecule is C=C[Si](C)(C)C[Si](C)(C)N1CCOCC1. The van der Waals surface area contributed by atoms with Gasteiger partial charge in [-0.3, -0.25) is 0 Å². The number of nitrogens with zero attached hydrogens (tertiary/aromatic N) is 1. The summed E-state index contributed by atoms with van der Waals surface area (Å²) in [6.07, 6.45) is 0. The average Bonchev–Trinajstić information content (AvgIpc) is 2.18. The second kappa shape index (κ2) is 4.95. The van der Waals surface area contributed by atoms with Crippen LogP contribution < -0.4 is 0 Å². The van der Waals surface area contributed by atoms with Crippen LogP contribution in [-0.4, -0.2) is 47.2 Å². The highest BCUT2D eigenvalue weighted by atomic mass is 28.4. The maximum absolute atomic E-state index is 5.42. The maximum atomic E-state index is 5.42. The third kappa shape index (κ3) is 3.87. The minimum atomic E-state index is -1.22. The molecule has 0 bridgehead atoms. The van der Waals surface area contributed by atoms with Gasteiger partial charge in [-0.05, 0) is 5.67 Å². The van der Waals surface area contributed by atoms with Crippen molar-refractivity contribution in [2.24, 2.45) is 0 Å². The number of ether oxygens (including phenoxy) is 1. The Bertz CT molecular complexity index is 223. The van der Waals surface area contributed by atoms with Crippen LogP contribution in [0.3, 0.4) is 0 Å². The molecule has 0 aliphatic carbocycles. The highest BCUT2D eigenvalue weighted by molar-refractivity contribution is 6.96. The topological polar surface area (TPSA) is 12.5 Å². The lowest BCUT2D eigenvalue weighted by Gasteiger charge is -2.42. The molecular formula is C11H25NOSi2. The summed E-state index contributed by atoms with van der Waals surface area (Å²) in [6.45, 7) is 18.0. The fraction of sp³-hybridized carbons (Fsp3) is 0.818. The highest BCUT2D eigenvalue weighted by Gasteiger charge is 2.35. The van der Waals surface area contributed by atoms with Crippen molar-refractivity contribution in [1.82, 2.24) is 4.57 Å². The number of morpholine rings is 1. The summed E-state index contributed by atoms with van der Waals surface area (Å²) in [5.41, 5.74) is 3.66. The molecule has 0 saturated carbocycles. The van der Waals surface area contributed by atoms with Gasteiger partial charge in [0.1, 0.15) is 8.24 Å². The zero-order chi connectivity index (χ0) is 11.5. The lowest BCUT2D eigenvalue weighted by Crippen LogP contribution is -2.56. The Balaban J connectivity index is 2.60. The summed E-state index contributed by atoms with van der Waals surface area (Å²) in [6, 6.07) is 0. The largest absolute Gasteiger partial charge is 0.379 e. The van der Waals surface area contributed by atoms with Crippen LogP contribution in [0.4, 0.5) is 0 Å². The summed E-state index contributed by atoms with van der Waals surface area (Å²) in [5.74, 6) is 0. The molecule has 1 aliphatic rings. The lowest BCUT2D eigenvalue weighted by atomic mass is 10.5. The third-order valence-electron chi connectivity index (χ3n) is 3.31. The number of hydrogen-bond donors (Lipinski definition) is 0. The van der Waals surface area contributed by atoms with Gasteiger partial charge in [0, 0.05) is 13.1 Å². The van der Waals surface area contributed by atoms with Crippen molar-refractivity contribution in [3.05, 3.63) is 12.3 Å². The molecule has 0 radical (unpaired) electrons. The van der Waals surface area contributed by atoms with E-state index < -0.39 is 16.3 Å². The number of rotatable bonds is 4. The van der Waals surface area contributed by atoms with Crippen molar-refractivity contribution < 1.29 is 4.74 Å². The van der Waals surface area contributed by atoms with Gasteiger partial charge in [-0.1, -0.05) is 26.2 Å². The van der Waals surface area contributed by atoms with Crippen LogP contribution in [0.2, 0.25) is 31.9 Å². The van der Waals surface area contributed by atoms with E-state index in [4.69, 9.17) is 4.74 Å². The first-order valence-corrected chi connectivity index (χ1v) is 12.3. The molecule has 1 aliphatic heterocycles. The van der Waals surface area contributed by atoms with E-state index in [1.165, 1.54) is 5.67 Å². The number of hydrogen-bond acceptors (Lipinski definition) is 2. The Morgan fingerprint density at radius 2 is 1.73 bits per heavy atom. The summed E-state index contributed by atoms with van der Waals surface area (Å²) >= 11 is 0. The van der Waals surface area contributed by atoms with E-state index in [9.17, 15) is 0 Å². The van der Waals surface area contributed by atoms with Crippen molar-refractivity contribution >= 4 is 16.3 Å². The van der Waals surface area contributed by atoms with Gasteiger partial charge >= 0.3 is 0 Å². The van der Waals surface area contributed by atoms with Crippen LogP contribution in [-0.2, 0) is 4.74 Å². The van der Waals surface area contributed by atoms with Crippen molar-refractivity contribution in [3.63, 3.8) is 0 Å². The van der Waals surface area contributed by atoms with Gasteiger partial charge in [0.05, 0.1) is 21.3 Å². The highest BCUT2D eigenvalue weighted by Crippen LogP contribution is 2.24. The van der Waals surface area contributed by atoms with Gasteiger partial charge in [-0.25, -0.2) is 0 Å². The van der Waals surface area contributed by atoms with Gasteiger partial charge in [-0.2, -0.15) is 0 Å². The molecular weight excluding hydrogens is 218 g/mol. The standard InChI is InChI=1S/C11H25NOSi2/c1-6-14(2,3)11-15(4,5)12-7-9-13-10-8-12/h6H,1,7-11H2,2-5H3. The Hall–Kier alpha value is 0.0938. The van der Waals surface area contributed by atoms with Gasteiger partial charge in [0.15, 0.2) is 0 Å². The molecule has 1 heterocycles. The van der Waals surface area contributed by atoms with Crippen LogP contribution in [0.5, 0.6) is 0 Å². The van der Waals surface area contributed by atoms with Gasteiger partial charge < -0.3 is 9.30 Å². The van der Waals surface area contributed by atoms with E-state index in [2.05, 4.69) is 43.0 Å². The molecule has 0 aromatic heterocycles. The van der Waals surface area contributed by atoms with Gasteiger partial charge in [-0.15, -0.1) is 12.3 Å². The van der Waals surface area contributed by atoms with E-state index in [1.54, 1.807) is 0 Å². The smallest absolute Gasteiger partial charge is 0.120 e. The lowest BCUT2D eigenvalue weighted by molar-refractivity contribution is 0.0691. The molecule has 88 valence electrons. The average molecular weight is 243 g/mol. The molecule has 0 spiro atoms. The summed E-state index contributed by atoms with van der Waals surface area (Å²) < 4.78 is 8.13. The predicted molar refractivity (Wildman–Crippen MR) is 72.4 cm³/mol. The first kappa shape index (κ1) is 13.2. The molecule has 2 nitrogen and oxygen atoms in total. The quantitative estimate of drug-likeness (QED) is 0.704. The van der Waals surface area contributed by atoms with Gasteiger partial charge in [0.2, 0.25) is 0 Å². The predicted octanol–water partition coefficient (Wildman–Crippen LogP) is 2.50. The third-order valence-corrected chi connectivity index (χ3v) is 13.7. The second-order valence-electron chi connectivity index (χ2n) is 5.78. The molecule has 1 saturated heterocycles. The van der Waals surface area contributed by atoms with Crippen LogP contribution in [0.1, 0.15) is 0 Å².